The number of pyridine rings is 1. The largest absolute Gasteiger partial charge is 0.490 e. The van der Waals surface area contributed by atoms with Crippen molar-refractivity contribution in [3.63, 3.8) is 0 Å². The van der Waals surface area contributed by atoms with Crippen LogP contribution in [0.2, 0.25) is 0 Å². The van der Waals surface area contributed by atoms with Crippen molar-refractivity contribution in [1.82, 2.24) is 4.98 Å². The number of benzene rings is 2. The van der Waals surface area contributed by atoms with Crippen LogP contribution in [-0.4, -0.2) is 18.2 Å². The average molecular weight is 325 g/mol. The van der Waals surface area contributed by atoms with Gasteiger partial charge in [-0.2, -0.15) is 0 Å². The second-order valence-electron chi connectivity index (χ2n) is 4.89. The Hall–Kier alpha value is -3.08. The zero-order valence-electron chi connectivity index (χ0n) is 12.9. The molecule has 1 heterocycles. The Morgan fingerprint density at radius 1 is 0.708 bits per heavy atom. The van der Waals surface area contributed by atoms with Gasteiger partial charge in [-0.15, -0.1) is 0 Å². The summed E-state index contributed by atoms with van der Waals surface area (Å²) in [4.78, 5) is 4.10. The molecule has 2 aromatic carbocycles. The first-order valence-corrected chi connectivity index (χ1v) is 7.50. The average Bonchev–Trinajstić information content (AvgIpc) is 2.62. The molecule has 4 nitrogen and oxygen atoms in total. The van der Waals surface area contributed by atoms with Gasteiger partial charge in [0.2, 0.25) is 5.88 Å². The topological polar surface area (TPSA) is 40.6 Å². The first kappa shape index (κ1) is 15.8. The highest BCUT2D eigenvalue weighted by molar-refractivity contribution is 5.33. The van der Waals surface area contributed by atoms with E-state index in [2.05, 4.69) is 4.98 Å². The third-order valence-corrected chi connectivity index (χ3v) is 3.12. The molecule has 0 aliphatic heterocycles. The van der Waals surface area contributed by atoms with E-state index >= 15 is 0 Å². The molecule has 0 aliphatic carbocycles. The molecular formula is C19H16FNO3. The highest BCUT2D eigenvalue weighted by Gasteiger charge is 2.00. The van der Waals surface area contributed by atoms with Gasteiger partial charge in [0.1, 0.15) is 36.3 Å². The Kier molecular flexibility index (Phi) is 5.24. The minimum atomic E-state index is -0.286. The molecule has 0 amide bonds. The van der Waals surface area contributed by atoms with E-state index in [1.807, 2.05) is 36.4 Å². The van der Waals surface area contributed by atoms with Crippen LogP contribution in [0, 0.1) is 5.82 Å². The van der Waals surface area contributed by atoms with E-state index in [9.17, 15) is 4.39 Å². The predicted molar refractivity (Wildman–Crippen MR) is 88.1 cm³/mol. The minimum Gasteiger partial charge on any atom is -0.490 e. The Morgan fingerprint density at radius 2 is 1.29 bits per heavy atom. The predicted octanol–water partition coefficient (Wildman–Crippen LogP) is 4.47. The van der Waals surface area contributed by atoms with E-state index in [1.54, 1.807) is 24.4 Å². The van der Waals surface area contributed by atoms with Gasteiger partial charge in [0.15, 0.2) is 0 Å². The maximum absolute atomic E-state index is 12.8. The fourth-order valence-corrected chi connectivity index (χ4v) is 1.98. The SMILES string of the molecule is Fc1ccc(OCCOc2ccc(Oc3ccccn3)cc2)cc1. The van der Waals surface area contributed by atoms with E-state index in [0.29, 0.717) is 36.3 Å². The lowest BCUT2D eigenvalue weighted by Crippen LogP contribution is -2.08. The molecule has 0 saturated heterocycles. The van der Waals surface area contributed by atoms with Gasteiger partial charge in [-0.25, -0.2) is 9.37 Å². The molecule has 3 rings (SSSR count). The van der Waals surface area contributed by atoms with Crippen LogP contribution in [0.4, 0.5) is 4.39 Å². The normalized spacial score (nSPS) is 10.2. The van der Waals surface area contributed by atoms with Gasteiger partial charge >= 0.3 is 0 Å². The summed E-state index contributed by atoms with van der Waals surface area (Å²) >= 11 is 0. The van der Waals surface area contributed by atoms with Crippen molar-refractivity contribution >= 4 is 0 Å². The zero-order valence-corrected chi connectivity index (χ0v) is 12.9. The van der Waals surface area contributed by atoms with E-state index in [-0.39, 0.29) is 5.82 Å². The standard InChI is InChI=1S/C19H16FNO3/c20-15-4-6-16(7-5-15)22-13-14-23-17-8-10-18(11-9-17)24-19-3-1-2-12-21-19/h1-12H,13-14H2. The molecule has 0 saturated carbocycles. The Morgan fingerprint density at radius 3 is 1.88 bits per heavy atom. The molecule has 5 heteroatoms. The van der Waals surface area contributed by atoms with Gasteiger partial charge in [-0.1, -0.05) is 6.07 Å². The molecule has 0 radical (unpaired) electrons. The molecule has 0 N–H and O–H groups in total. The molecule has 0 spiro atoms. The Labute approximate surface area is 139 Å². The Bertz CT molecular complexity index is 746. The van der Waals surface area contributed by atoms with Gasteiger partial charge in [0.05, 0.1) is 0 Å². The van der Waals surface area contributed by atoms with Crippen LogP contribution in [0.5, 0.6) is 23.1 Å². The molecule has 0 fully saturated rings. The highest BCUT2D eigenvalue weighted by atomic mass is 19.1. The smallest absolute Gasteiger partial charge is 0.219 e. The van der Waals surface area contributed by atoms with Gasteiger partial charge in [-0.05, 0) is 54.6 Å². The molecule has 122 valence electrons. The molecule has 3 aromatic rings. The number of halogens is 1. The lowest BCUT2D eigenvalue weighted by Gasteiger charge is -2.09. The first-order valence-electron chi connectivity index (χ1n) is 7.50. The number of aromatic nitrogens is 1. The number of rotatable bonds is 7. The molecule has 1 aromatic heterocycles. The second-order valence-corrected chi connectivity index (χ2v) is 4.89. The van der Waals surface area contributed by atoms with E-state index in [4.69, 9.17) is 14.2 Å². The lowest BCUT2D eigenvalue weighted by molar-refractivity contribution is 0.217. The third-order valence-electron chi connectivity index (χ3n) is 3.12. The molecule has 0 aliphatic rings. The maximum Gasteiger partial charge on any atom is 0.219 e. The molecule has 0 atom stereocenters. The summed E-state index contributed by atoms with van der Waals surface area (Å²) in [5.74, 6) is 2.26. The van der Waals surface area contributed by atoms with Crippen LogP contribution < -0.4 is 14.2 Å². The number of ether oxygens (including phenoxy) is 3. The van der Waals surface area contributed by atoms with Crippen LogP contribution in [0.3, 0.4) is 0 Å². The summed E-state index contributed by atoms with van der Waals surface area (Å²) in [5.41, 5.74) is 0. The van der Waals surface area contributed by atoms with Gasteiger partial charge < -0.3 is 14.2 Å². The number of hydrogen-bond acceptors (Lipinski definition) is 4. The number of hydrogen-bond donors (Lipinski definition) is 0. The van der Waals surface area contributed by atoms with Crippen molar-refractivity contribution in [2.45, 2.75) is 0 Å². The van der Waals surface area contributed by atoms with Crippen molar-refractivity contribution < 1.29 is 18.6 Å². The molecule has 0 bridgehead atoms. The van der Waals surface area contributed by atoms with Crippen LogP contribution in [0.25, 0.3) is 0 Å². The monoisotopic (exact) mass is 325 g/mol. The Balaban J connectivity index is 1.43. The summed E-state index contributed by atoms with van der Waals surface area (Å²) in [6, 6.07) is 18.6. The lowest BCUT2D eigenvalue weighted by atomic mass is 10.3. The minimum absolute atomic E-state index is 0.286. The van der Waals surface area contributed by atoms with Crippen molar-refractivity contribution in [2.24, 2.45) is 0 Å². The molecule has 0 unspecified atom stereocenters. The van der Waals surface area contributed by atoms with E-state index in [0.717, 1.165) is 0 Å². The van der Waals surface area contributed by atoms with Crippen molar-refractivity contribution in [1.29, 1.82) is 0 Å². The fourth-order valence-electron chi connectivity index (χ4n) is 1.98. The van der Waals surface area contributed by atoms with E-state index in [1.165, 1.54) is 12.1 Å². The highest BCUT2D eigenvalue weighted by Crippen LogP contribution is 2.22. The fraction of sp³-hybridized carbons (Fsp3) is 0.105. The molecular weight excluding hydrogens is 309 g/mol. The third kappa shape index (κ3) is 4.71. The number of nitrogens with zero attached hydrogens (tertiary/aromatic N) is 1. The summed E-state index contributed by atoms with van der Waals surface area (Å²) in [7, 11) is 0. The van der Waals surface area contributed by atoms with Crippen LogP contribution in [0.15, 0.2) is 72.9 Å². The summed E-state index contributed by atoms with van der Waals surface area (Å²) in [6.07, 6.45) is 1.67. The van der Waals surface area contributed by atoms with Crippen LogP contribution in [-0.2, 0) is 0 Å². The maximum atomic E-state index is 12.8. The molecule has 24 heavy (non-hydrogen) atoms. The van der Waals surface area contributed by atoms with Crippen LogP contribution >= 0.6 is 0 Å². The van der Waals surface area contributed by atoms with Crippen LogP contribution in [0.1, 0.15) is 0 Å². The summed E-state index contributed by atoms with van der Waals surface area (Å²) in [6.45, 7) is 0.760. The summed E-state index contributed by atoms with van der Waals surface area (Å²) < 4.78 is 29.4. The van der Waals surface area contributed by atoms with Crippen molar-refractivity contribution in [3.8, 4) is 23.1 Å². The van der Waals surface area contributed by atoms with Gasteiger partial charge in [0.25, 0.3) is 0 Å². The van der Waals surface area contributed by atoms with Gasteiger partial charge in [-0.3, -0.25) is 0 Å². The van der Waals surface area contributed by atoms with E-state index < -0.39 is 0 Å². The summed E-state index contributed by atoms with van der Waals surface area (Å²) in [5, 5.41) is 0. The van der Waals surface area contributed by atoms with Crippen molar-refractivity contribution in [3.05, 3.63) is 78.7 Å². The van der Waals surface area contributed by atoms with Gasteiger partial charge in [0, 0.05) is 12.3 Å². The quantitative estimate of drug-likeness (QED) is 0.601. The second kappa shape index (κ2) is 7.97. The van der Waals surface area contributed by atoms with Crippen molar-refractivity contribution in [2.75, 3.05) is 13.2 Å². The zero-order chi connectivity index (χ0) is 16.6. The first-order chi connectivity index (χ1) is 11.8.